The number of anilines is 1. The number of aromatic nitrogens is 2. The van der Waals surface area contributed by atoms with Gasteiger partial charge in [-0.25, -0.2) is 8.78 Å². The van der Waals surface area contributed by atoms with E-state index in [9.17, 15) is 13.6 Å². The molecule has 0 aliphatic heterocycles. The average molecular weight is 266 g/mol. The molecule has 1 aromatic carbocycles. The van der Waals surface area contributed by atoms with E-state index in [2.05, 4.69) is 10.4 Å². The van der Waals surface area contributed by atoms with Gasteiger partial charge in [0.25, 0.3) is 0 Å². The Kier molecular flexibility index (Phi) is 3.57. The third-order valence-electron chi connectivity index (χ3n) is 2.58. The van der Waals surface area contributed by atoms with Crippen molar-refractivity contribution in [3.63, 3.8) is 0 Å². The van der Waals surface area contributed by atoms with E-state index >= 15 is 0 Å². The van der Waals surface area contributed by atoms with Gasteiger partial charge in [0.1, 0.15) is 23.4 Å². The van der Waals surface area contributed by atoms with Crippen LogP contribution in [0, 0.1) is 11.6 Å². The lowest BCUT2D eigenvalue weighted by Gasteiger charge is -2.11. The minimum atomic E-state index is -1.05. The maximum atomic E-state index is 13.4. The Morgan fingerprint density at radius 3 is 2.58 bits per heavy atom. The van der Waals surface area contributed by atoms with Gasteiger partial charge in [-0.3, -0.25) is 9.48 Å². The number of para-hydroxylation sites is 1. The second-order valence-electron chi connectivity index (χ2n) is 4.01. The number of rotatable bonds is 3. The van der Waals surface area contributed by atoms with Gasteiger partial charge < -0.3 is 11.1 Å². The Morgan fingerprint density at radius 2 is 2.05 bits per heavy atom. The standard InChI is InChI=1S/C12H12F2N4O/c1-18-6-7(5-16-18)10(15)12(19)17-11-8(13)3-2-4-9(11)14/h2-6,10H,15H2,1H3,(H,17,19). The molecule has 19 heavy (non-hydrogen) atoms. The summed E-state index contributed by atoms with van der Waals surface area (Å²) in [7, 11) is 1.67. The molecule has 0 aliphatic rings. The molecular weight excluding hydrogens is 254 g/mol. The maximum Gasteiger partial charge on any atom is 0.246 e. The smallest absolute Gasteiger partial charge is 0.246 e. The zero-order valence-electron chi connectivity index (χ0n) is 10.1. The molecule has 2 aromatic rings. The van der Waals surface area contributed by atoms with E-state index in [1.807, 2.05) is 0 Å². The zero-order valence-corrected chi connectivity index (χ0v) is 10.1. The van der Waals surface area contributed by atoms with Gasteiger partial charge in [0.15, 0.2) is 0 Å². The van der Waals surface area contributed by atoms with Crippen LogP contribution in [0.4, 0.5) is 14.5 Å². The molecule has 7 heteroatoms. The number of hydrogen-bond acceptors (Lipinski definition) is 3. The number of nitrogens with two attached hydrogens (primary N) is 1. The van der Waals surface area contributed by atoms with Crippen molar-refractivity contribution in [2.45, 2.75) is 6.04 Å². The van der Waals surface area contributed by atoms with Crippen molar-refractivity contribution in [1.82, 2.24) is 9.78 Å². The molecule has 1 atom stereocenters. The number of amides is 1. The normalized spacial score (nSPS) is 12.2. The van der Waals surface area contributed by atoms with Crippen LogP contribution in [0.15, 0.2) is 30.6 Å². The zero-order chi connectivity index (χ0) is 14.0. The van der Waals surface area contributed by atoms with Crippen LogP contribution in [0.25, 0.3) is 0 Å². The molecule has 1 heterocycles. The Bertz CT molecular complexity index is 591. The predicted molar refractivity (Wildman–Crippen MR) is 65.1 cm³/mol. The Hall–Kier alpha value is -2.28. The summed E-state index contributed by atoms with van der Waals surface area (Å²) in [6.07, 6.45) is 2.98. The molecule has 0 saturated carbocycles. The molecule has 100 valence electrons. The molecule has 3 N–H and O–H groups in total. The largest absolute Gasteiger partial charge is 0.320 e. The molecule has 5 nitrogen and oxygen atoms in total. The molecule has 0 saturated heterocycles. The number of hydrogen-bond donors (Lipinski definition) is 2. The third-order valence-corrected chi connectivity index (χ3v) is 2.58. The summed E-state index contributed by atoms with van der Waals surface area (Å²) in [5.41, 5.74) is 5.64. The molecule has 0 bridgehead atoms. The first kappa shape index (κ1) is 13.2. The van der Waals surface area contributed by atoms with Gasteiger partial charge in [0.2, 0.25) is 5.91 Å². The molecular formula is C12H12F2N4O. The second-order valence-corrected chi connectivity index (χ2v) is 4.01. The number of nitrogens with one attached hydrogen (secondary N) is 1. The summed E-state index contributed by atoms with van der Waals surface area (Å²) in [6.45, 7) is 0. The number of nitrogens with zero attached hydrogens (tertiary/aromatic N) is 2. The minimum absolute atomic E-state index is 0.455. The Morgan fingerprint density at radius 1 is 1.42 bits per heavy atom. The molecule has 0 fully saturated rings. The highest BCUT2D eigenvalue weighted by Crippen LogP contribution is 2.20. The topological polar surface area (TPSA) is 72.9 Å². The van der Waals surface area contributed by atoms with Gasteiger partial charge in [-0.1, -0.05) is 6.07 Å². The fourth-order valence-corrected chi connectivity index (χ4v) is 1.57. The van der Waals surface area contributed by atoms with Crippen LogP contribution in [-0.2, 0) is 11.8 Å². The van der Waals surface area contributed by atoms with Crippen molar-refractivity contribution in [1.29, 1.82) is 0 Å². The molecule has 1 unspecified atom stereocenters. The summed E-state index contributed by atoms with van der Waals surface area (Å²) < 4.78 is 28.2. The van der Waals surface area contributed by atoms with Crippen molar-refractivity contribution in [2.75, 3.05) is 5.32 Å². The quantitative estimate of drug-likeness (QED) is 0.880. The number of carbonyl (C=O) groups excluding carboxylic acids is 1. The van der Waals surface area contributed by atoms with Crippen LogP contribution < -0.4 is 11.1 Å². The SMILES string of the molecule is Cn1cc(C(N)C(=O)Nc2c(F)cccc2F)cn1. The monoisotopic (exact) mass is 266 g/mol. The summed E-state index contributed by atoms with van der Waals surface area (Å²) in [5, 5.41) is 6.01. The minimum Gasteiger partial charge on any atom is -0.320 e. The highest BCUT2D eigenvalue weighted by atomic mass is 19.1. The van der Waals surface area contributed by atoms with Gasteiger partial charge in [0.05, 0.1) is 6.20 Å². The fraction of sp³-hybridized carbons (Fsp3) is 0.167. The lowest BCUT2D eigenvalue weighted by Crippen LogP contribution is -2.28. The fourth-order valence-electron chi connectivity index (χ4n) is 1.57. The van der Waals surface area contributed by atoms with Crippen molar-refractivity contribution in [2.24, 2.45) is 12.8 Å². The van der Waals surface area contributed by atoms with E-state index in [0.29, 0.717) is 5.56 Å². The first-order valence-corrected chi connectivity index (χ1v) is 5.48. The van der Waals surface area contributed by atoms with E-state index in [1.54, 1.807) is 13.2 Å². The molecule has 1 aromatic heterocycles. The van der Waals surface area contributed by atoms with Crippen LogP contribution in [0.1, 0.15) is 11.6 Å². The molecule has 0 radical (unpaired) electrons. The second kappa shape index (κ2) is 5.15. The maximum absolute atomic E-state index is 13.4. The lowest BCUT2D eigenvalue weighted by molar-refractivity contribution is -0.117. The van der Waals surface area contributed by atoms with Crippen LogP contribution in [0.2, 0.25) is 0 Å². The molecule has 0 aliphatic carbocycles. The van der Waals surface area contributed by atoms with E-state index in [1.165, 1.54) is 16.9 Å². The predicted octanol–water partition coefficient (Wildman–Crippen LogP) is 1.34. The number of halogens is 2. The van der Waals surface area contributed by atoms with Crippen LogP contribution in [0.3, 0.4) is 0 Å². The molecule has 0 spiro atoms. The van der Waals surface area contributed by atoms with E-state index in [-0.39, 0.29) is 0 Å². The van der Waals surface area contributed by atoms with E-state index in [0.717, 1.165) is 12.1 Å². The first-order chi connectivity index (χ1) is 8.99. The van der Waals surface area contributed by atoms with Crippen LogP contribution >= 0.6 is 0 Å². The first-order valence-electron chi connectivity index (χ1n) is 5.48. The highest BCUT2D eigenvalue weighted by Gasteiger charge is 2.20. The summed E-state index contributed by atoms with van der Waals surface area (Å²) in [5.74, 6) is -2.42. The van der Waals surface area contributed by atoms with Crippen molar-refractivity contribution < 1.29 is 13.6 Å². The van der Waals surface area contributed by atoms with Gasteiger partial charge in [-0.2, -0.15) is 5.10 Å². The van der Waals surface area contributed by atoms with Gasteiger partial charge in [-0.15, -0.1) is 0 Å². The van der Waals surface area contributed by atoms with Gasteiger partial charge >= 0.3 is 0 Å². The number of carbonyl (C=O) groups is 1. The lowest BCUT2D eigenvalue weighted by atomic mass is 10.1. The van der Waals surface area contributed by atoms with E-state index < -0.39 is 29.3 Å². The average Bonchev–Trinajstić information content (AvgIpc) is 2.79. The van der Waals surface area contributed by atoms with Crippen LogP contribution in [0.5, 0.6) is 0 Å². The molecule has 1 amide bonds. The molecule has 2 rings (SSSR count). The number of benzene rings is 1. The van der Waals surface area contributed by atoms with Crippen molar-refractivity contribution in [3.05, 3.63) is 47.8 Å². The van der Waals surface area contributed by atoms with Crippen LogP contribution in [-0.4, -0.2) is 15.7 Å². The van der Waals surface area contributed by atoms with Gasteiger partial charge in [-0.05, 0) is 12.1 Å². The summed E-state index contributed by atoms with van der Waals surface area (Å²) in [6, 6.07) is 2.26. The van der Waals surface area contributed by atoms with E-state index in [4.69, 9.17) is 5.73 Å². The Labute approximate surface area is 108 Å². The summed E-state index contributed by atoms with van der Waals surface area (Å²) in [4.78, 5) is 11.8. The van der Waals surface area contributed by atoms with Crippen molar-refractivity contribution >= 4 is 11.6 Å². The number of aryl methyl sites for hydroxylation is 1. The third kappa shape index (κ3) is 2.76. The summed E-state index contributed by atoms with van der Waals surface area (Å²) >= 11 is 0. The Balaban J connectivity index is 2.17. The highest BCUT2D eigenvalue weighted by molar-refractivity contribution is 5.95. The van der Waals surface area contributed by atoms with Gasteiger partial charge in [0, 0.05) is 18.8 Å². The van der Waals surface area contributed by atoms with Crippen molar-refractivity contribution in [3.8, 4) is 0 Å².